The Morgan fingerprint density at radius 2 is 2.00 bits per heavy atom. The van der Waals surface area contributed by atoms with Crippen LogP contribution in [0.1, 0.15) is 11.3 Å². The van der Waals surface area contributed by atoms with Crippen LogP contribution in [0.5, 0.6) is 0 Å². The Balaban J connectivity index is 3.02. The molecule has 0 radical (unpaired) electrons. The van der Waals surface area contributed by atoms with E-state index in [1.54, 1.807) is 0 Å². The molecule has 0 atom stereocenters. The lowest BCUT2D eigenvalue weighted by atomic mass is 10.2. The smallest absolute Gasteiger partial charge is 0.250 e. The Hall–Kier alpha value is -1.50. The molecule has 0 unspecified atom stereocenters. The van der Waals surface area contributed by atoms with Gasteiger partial charge in [0.1, 0.15) is 5.69 Å². The monoisotopic (exact) mass is 171 g/mol. The van der Waals surface area contributed by atoms with Crippen molar-refractivity contribution in [2.75, 3.05) is 0 Å². The minimum Gasteiger partial charge on any atom is -0.250 e. The molecule has 12 heavy (non-hydrogen) atoms. The molecule has 0 N–H and O–H groups in total. The molecule has 4 heteroatoms. The maximum absolute atomic E-state index is 11.9. The molecule has 0 bridgehead atoms. The SMILES string of the molecule is C#Cc1ccc(C(F)(F)F)nc1. The number of aromatic nitrogens is 1. The van der Waals surface area contributed by atoms with Gasteiger partial charge in [0, 0.05) is 11.8 Å². The van der Waals surface area contributed by atoms with Crippen LogP contribution in [0, 0.1) is 12.3 Å². The van der Waals surface area contributed by atoms with E-state index >= 15 is 0 Å². The van der Waals surface area contributed by atoms with Crippen LogP contribution in [0.3, 0.4) is 0 Å². The van der Waals surface area contributed by atoms with Crippen molar-refractivity contribution in [1.82, 2.24) is 4.98 Å². The van der Waals surface area contributed by atoms with Gasteiger partial charge in [-0.3, -0.25) is 4.98 Å². The summed E-state index contributed by atoms with van der Waals surface area (Å²) in [6.45, 7) is 0. The average molecular weight is 171 g/mol. The van der Waals surface area contributed by atoms with E-state index in [4.69, 9.17) is 6.42 Å². The highest BCUT2D eigenvalue weighted by molar-refractivity contribution is 5.30. The molecule has 62 valence electrons. The van der Waals surface area contributed by atoms with Crippen LogP contribution in [0.15, 0.2) is 18.3 Å². The minimum atomic E-state index is -4.40. The lowest BCUT2D eigenvalue weighted by molar-refractivity contribution is -0.141. The number of pyridine rings is 1. The maximum atomic E-state index is 11.9. The zero-order valence-electron chi connectivity index (χ0n) is 5.89. The minimum absolute atomic E-state index is 0.336. The first-order chi connectivity index (χ1) is 5.54. The lowest BCUT2D eigenvalue weighted by Gasteiger charge is -2.03. The molecular weight excluding hydrogens is 167 g/mol. The van der Waals surface area contributed by atoms with Crippen molar-refractivity contribution in [3.05, 3.63) is 29.6 Å². The number of rotatable bonds is 0. The molecule has 0 amide bonds. The summed E-state index contributed by atoms with van der Waals surface area (Å²) in [5.41, 5.74) is -0.593. The summed E-state index contributed by atoms with van der Waals surface area (Å²) in [6, 6.07) is 2.06. The number of hydrogen-bond donors (Lipinski definition) is 0. The maximum Gasteiger partial charge on any atom is 0.433 e. The Kier molecular flexibility index (Phi) is 2.05. The van der Waals surface area contributed by atoms with Gasteiger partial charge in [0.05, 0.1) is 0 Å². The summed E-state index contributed by atoms with van der Waals surface area (Å²) in [7, 11) is 0. The first-order valence-electron chi connectivity index (χ1n) is 3.04. The molecule has 1 heterocycles. The van der Waals surface area contributed by atoms with E-state index in [9.17, 15) is 13.2 Å². The topological polar surface area (TPSA) is 12.9 Å². The van der Waals surface area contributed by atoms with E-state index in [-0.39, 0.29) is 0 Å². The molecule has 0 aromatic carbocycles. The highest BCUT2D eigenvalue weighted by Gasteiger charge is 2.31. The van der Waals surface area contributed by atoms with Crippen molar-refractivity contribution < 1.29 is 13.2 Å². The molecule has 0 aliphatic carbocycles. The van der Waals surface area contributed by atoms with Crippen LogP contribution in [0.2, 0.25) is 0 Å². The molecule has 0 aliphatic heterocycles. The predicted molar refractivity (Wildman–Crippen MR) is 37.2 cm³/mol. The Bertz CT molecular complexity index is 305. The van der Waals surface area contributed by atoms with Crippen LogP contribution in [-0.4, -0.2) is 4.98 Å². The average Bonchev–Trinajstić information content (AvgIpc) is 2.03. The van der Waals surface area contributed by atoms with E-state index in [1.165, 1.54) is 6.07 Å². The quantitative estimate of drug-likeness (QED) is 0.544. The van der Waals surface area contributed by atoms with Crippen molar-refractivity contribution in [2.24, 2.45) is 0 Å². The van der Waals surface area contributed by atoms with Gasteiger partial charge in [0.25, 0.3) is 0 Å². The molecule has 0 spiro atoms. The highest BCUT2D eigenvalue weighted by Crippen LogP contribution is 2.26. The Morgan fingerprint density at radius 3 is 2.33 bits per heavy atom. The second kappa shape index (κ2) is 2.86. The fraction of sp³-hybridized carbons (Fsp3) is 0.125. The zero-order chi connectivity index (χ0) is 9.19. The molecule has 1 rings (SSSR count). The summed E-state index contributed by atoms with van der Waals surface area (Å²) in [5, 5.41) is 0. The highest BCUT2D eigenvalue weighted by atomic mass is 19.4. The lowest BCUT2D eigenvalue weighted by Crippen LogP contribution is -2.07. The van der Waals surface area contributed by atoms with E-state index in [0.29, 0.717) is 5.56 Å². The van der Waals surface area contributed by atoms with Gasteiger partial charge < -0.3 is 0 Å². The molecule has 1 aromatic rings. The number of alkyl halides is 3. The van der Waals surface area contributed by atoms with Gasteiger partial charge in [0.15, 0.2) is 0 Å². The Labute approximate surface area is 67.2 Å². The summed E-state index contributed by atoms with van der Waals surface area (Å²) in [6.07, 6.45) is 1.56. The van der Waals surface area contributed by atoms with Crippen molar-refractivity contribution in [3.63, 3.8) is 0 Å². The Morgan fingerprint density at radius 1 is 1.33 bits per heavy atom. The number of hydrogen-bond acceptors (Lipinski definition) is 1. The fourth-order valence-corrected chi connectivity index (χ4v) is 0.647. The molecule has 0 saturated carbocycles. The first-order valence-corrected chi connectivity index (χ1v) is 3.04. The molecule has 0 aliphatic rings. The van der Waals surface area contributed by atoms with Crippen LogP contribution in [0.25, 0.3) is 0 Å². The van der Waals surface area contributed by atoms with Crippen molar-refractivity contribution in [2.45, 2.75) is 6.18 Å². The van der Waals surface area contributed by atoms with Crippen molar-refractivity contribution >= 4 is 0 Å². The third-order valence-corrected chi connectivity index (χ3v) is 1.22. The molecule has 1 aromatic heterocycles. The van der Waals surface area contributed by atoms with Crippen molar-refractivity contribution in [3.8, 4) is 12.3 Å². The second-order valence-corrected chi connectivity index (χ2v) is 2.07. The zero-order valence-corrected chi connectivity index (χ0v) is 5.89. The summed E-state index contributed by atoms with van der Waals surface area (Å²) in [4.78, 5) is 3.15. The van der Waals surface area contributed by atoms with Crippen LogP contribution < -0.4 is 0 Å². The first kappa shape index (κ1) is 8.60. The van der Waals surface area contributed by atoms with Gasteiger partial charge in [0.2, 0.25) is 0 Å². The van der Waals surface area contributed by atoms with E-state index in [2.05, 4.69) is 10.9 Å². The van der Waals surface area contributed by atoms with Crippen LogP contribution in [0.4, 0.5) is 13.2 Å². The number of terminal acetylenes is 1. The summed E-state index contributed by atoms with van der Waals surface area (Å²) >= 11 is 0. The summed E-state index contributed by atoms with van der Waals surface area (Å²) in [5.74, 6) is 2.18. The third kappa shape index (κ3) is 1.76. The van der Waals surface area contributed by atoms with Crippen molar-refractivity contribution in [1.29, 1.82) is 0 Å². The van der Waals surface area contributed by atoms with Crippen LogP contribution in [-0.2, 0) is 6.18 Å². The van der Waals surface area contributed by atoms with E-state index in [1.807, 2.05) is 0 Å². The fourth-order valence-electron chi connectivity index (χ4n) is 0.647. The van der Waals surface area contributed by atoms with Crippen LogP contribution >= 0.6 is 0 Å². The standard InChI is InChI=1S/C8H4F3N/c1-2-6-3-4-7(12-5-6)8(9,10)11/h1,3-5H. The normalized spacial score (nSPS) is 10.8. The van der Waals surface area contributed by atoms with E-state index in [0.717, 1.165) is 12.3 Å². The second-order valence-electron chi connectivity index (χ2n) is 2.07. The molecule has 1 nitrogen and oxygen atoms in total. The largest absolute Gasteiger partial charge is 0.433 e. The number of halogens is 3. The third-order valence-electron chi connectivity index (χ3n) is 1.22. The van der Waals surface area contributed by atoms with Gasteiger partial charge in [-0.2, -0.15) is 13.2 Å². The molecule has 0 fully saturated rings. The molecular formula is C8H4F3N. The van der Waals surface area contributed by atoms with Gasteiger partial charge in [-0.25, -0.2) is 0 Å². The molecule has 0 saturated heterocycles. The van der Waals surface area contributed by atoms with Gasteiger partial charge >= 0.3 is 6.18 Å². The van der Waals surface area contributed by atoms with Gasteiger partial charge in [-0.15, -0.1) is 6.42 Å². The predicted octanol–water partition coefficient (Wildman–Crippen LogP) is 2.08. The van der Waals surface area contributed by atoms with E-state index < -0.39 is 11.9 Å². The van der Waals surface area contributed by atoms with Gasteiger partial charge in [-0.05, 0) is 12.1 Å². The van der Waals surface area contributed by atoms with Gasteiger partial charge in [-0.1, -0.05) is 5.92 Å². The summed E-state index contributed by atoms with van der Waals surface area (Å²) < 4.78 is 35.7. The number of nitrogens with zero attached hydrogens (tertiary/aromatic N) is 1.